The van der Waals surface area contributed by atoms with Gasteiger partial charge in [-0.3, -0.25) is 4.79 Å². The smallest absolute Gasteiger partial charge is 0.267 e. The van der Waals surface area contributed by atoms with Crippen LogP contribution in [0.15, 0.2) is 53.6 Å². The molecular formula is C15H13ClN2O. The summed E-state index contributed by atoms with van der Waals surface area (Å²) in [6, 6.07) is 14.6. The lowest BCUT2D eigenvalue weighted by atomic mass is 10.2. The van der Waals surface area contributed by atoms with Crippen molar-refractivity contribution in [2.45, 2.75) is 6.92 Å². The first-order valence-corrected chi connectivity index (χ1v) is 6.18. The number of aryl methyl sites for hydroxylation is 1. The predicted molar refractivity (Wildman–Crippen MR) is 77.7 cm³/mol. The molecule has 2 rings (SSSR count). The highest BCUT2D eigenvalue weighted by atomic mass is 35.5. The van der Waals surface area contributed by atoms with Gasteiger partial charge in [0.1, 0.15) is 0 Å². The Balaban J connectivity index is 1.98. The highest BCUT2D eigenvalue weighted by Gasteiger charge is 2.03. The number of carbonyl (C=O) groups excluding carboxylic acids is 1. The van der Waals surface area contributed by atoms with E-state index in [4.69, 9.17) is 11.6 Å². The molecule has 0 saturated carbocycles. The van der Waals surface area contributed by atoms with Crippen LogP contribution >= 0.6 is 11.6 Å². The summed E-state index contributed by atoms with van der Waals surface area (Å²) < 4.78 is 0. The van der Waals surface area contributed by atoms with Crippen molar-refractivity contribution in [3.05, 3.63) is 70.2 Å². The summed E-state index contributed by atoms with van der Waals surface area (Å²) in [7, 11) is 0. The molecule has 2 aromatic rings. The lowest BCUT2D eigenvalue weighted by molar-refractivity contribution is 0.0955. The molecule has 0 fully saturated rings. The number of halogens is 1. The van der Waals surface area contributed by atoms with E-state index in [1.54, 1.807) is 30.5 Å². The molecule has 1 N–H and O–H groups in total. The van der Waals surface area contributed by atoms with Crippen LogP contribution in [0.3, 0.4) is 0 Å². The molecule has 4 heteroatoms. The van der Waals surface area contributed by atoms with Gasteiger partial charge in [0.25, 0.3) is 5.91 Å². The van der Waals surface area contributed by atoms with Crippen LogP contribution in [-0.2, 0) is 0 Å². The van der Waals surface area contributed by atoms with E-state index in [0.29, 0.717) is 10.6 Å². The Morgan fingerprint density at radius 2 is 1.95 bits per heavy atom. The summed E-state index contributed by atoms with van der Waals surface area (Å²) in [4.78, 5) is 11.8. The molecule has 19 heavy (non-hydrogen) atoms. The van der Waals surface area contributed by atoms with Gasteiger partial charge < -0.3 is 0 Å². The van der Waals surface area contributed by atoms with Gasteiger partial charge in [0.2, 0.25) is 0 Å². The number of carbonyl (C=O) groups is 1. The Morgan fingerprint density at radius 1 is 1.21 bits per heavy atom. The van der Waals surface area contributed by atoms with E-state index < -0.39 is 0 Å². The van der Waals surface area contributed by atoms with Gasteiger partial charge in [0.15, 0.2) is 0 Å². The van der Waals surface area contributed by atoms with Gasteiger partial charge in [-0.25, -0.2) is 5.43 Å². The number of hydrogen-bond acceptors (Lipinski definition) is 2. The lowest BCUT2D eigenvalue weighted by Gasteiger charge is -2.00. The number of benzene rings is 2. The number of nitrogens with zero attached hydrogens (tertiary/aromatic N) is 1. The molecule has 0 bridgehead atoms. The Kier molecular flexibility index (Phi) is 4.31. The first-order valence-electron chi connectivity index (χ1n) is 5.81. The number of amides is 1. The fourth-order valence-electron chi connectivity index (χ4n) is 1.51. The highest BCUT2D eigenvalue weighted by molar-refractivity contribution is 6.30. The van der Waals surface area contributed by atoms with Crippen molar-refractivity contribution in [1.82, 2.24) is 5.43 Å². The van der Waals surface area contributed by atoms with E-state index in [0.717, 1.165) is 5.56 Å². The summed E-state index contributed by atoms with van der Waals surface area (Å²) in [6.07, 6.45) is 1.60. The van der Waals surface area contributed by atoms with Crippen molar-refractivity contribution < 1.29 is 4.79 Å². The van der Waals surface area contributed by atoms with Crippen molar-refractivity contribution in [3.63, 3.8) is 0 Å². The van der Waals surface area contributed by atoms with Crippen LogP contribution in [0, 0.1) is 6.92 Å². The number of hydrogen-bond donors (Lipinski definition) is 1. The third kappa shape index (κ3) is 3.93. The number of nitrogens with one attached hydrogen (secondary N) is 1. The van der Waals surface area contributed by atoms with Crippen LogP contribution < -0.4 is 5.43 Å². The molecule has 0 heterocycles. The van der Waals surface area contributed by atoms with E-state index in [1.807, 2.05) is 31.2 Å². The minimum atomic E-state index is -0.286. The van der Waals surface area contributed by atoms with Gasteiger partial charge in [0.05, 0.1) is 6.21 Å². The maximum Gasteiger partial charge on any atom is 0.271 e. The average Bonchev–Trinajstić information content (AvgIpc) is 2.41. The molecule has 0 aliphatic carbocycles. The predicted octanol–water partition coefficient (Wildman–Crippen LogP) is 3.41. The summed E-state index contributed by atoms with van der Waals surface area (Å²) >= 11 is 5.82. The zero-order valence-corrected chi connectivity index (χ0v) is 11.2. The highest BCUT2D eigenvalue weighted by Crippen LogP contribution is 2.10. The quantitative estimate of drug-likeness (QED) is 0.675. The second kappa shape index (κ2) is 6.16. The SMILES string of the molecule is Cc1ccc(/C=N/NC(=O)c2cccc(Cl)c2)cc1. The third-order valence-electron chi connectivity index (χ3n) is 2.54. The fraction of sp³-hybridized carbons (Fsp3) is 0.0667. The molecule has 0 aromatic heterocycles. The Labute approximate surface area is 116 Å². The third-order valence-corrected chi connectivity index (χ3v) is 2.78. The summed E-state index contributed by atoms with van der Waals surface area (Å²) in [6.45, 7) is 2.02. The molecule has 96 valence electrons. The number of hydrazone groups is 1. The van der Waals surface area contributed by atoms with E-state index >= 15 is 0 Å². The standard InChI is InChI=1S/C15H13ClN2O/c1-11-5-7-12(8-6-11)10-17-18-15(19)13-3-2-4-14(16)9-13/h2-10H,1H3,(H,18,19)/b17-10+. The summed E-state index contributed by atoms with van der Waals surface area (Å²) in [5, 5.41) is 4.43. The van der Waals surface area contributed by atoms with E-state index in [1.165, 1.54) is 5.56 Å². The molecule has 2 aromatic carbocycles. The molecule has 0 radical (unpaired) electrons. The topological polar surface area (TPSA) is 41.5 Å². The minimum Gasteiger partial charge on any atom is -0.267 e. The second-order valence-electron chi connectivity index (χ2n) is 4.12. The maximum absolute atomic E-state index is 11.8. The van der Waals surface area contributed by atoms with Crippen LogP contribution in [-0.4, -0.2) is 12.1 Å². The van der Waals surface area contributed by atoms with Crippen LogP contribution in [0.1, 0.15) is 21.5 Å². The van der Waals surface area contributed by atoms with Crippen LogP contribution in [0.4, 0.5) is 0 Å². The zero-order valence-electron chi connectivity index (χ0n) is 10.4. The Bertz CT molecular complexity index is 606. The van der Waals surface area contributed by atoms with Gasteiger partial charge >= 0.3 is 0 Å². The van der Waals surface area contributed by atoms with Gasteiger partial charge in [-0.15, -0.1) is 0 Å². The largest absolute Gasteiger partial charge is 0.271 e. The average molecular weight is 273 g/mol. The molecule has 0 unspecified atom stereocenters. The molecule has 0 aliphatic rings. The van der Waals surface area contributed by atoms with Crippen molar-refractivity contribution in [3.8, 4) is 0 Å². The van der Waals surface area contributed by atoms with E-state index in [2.05, 4.69) is 10.5 Å². The zero-order chi connectivity index (χ0) is 13.7. The second-order valence-corrected chi connectivity index (χ2v) is 4.56. The van der Waals surface area contributed by atoms with Crippen molar-refractivity contribution in [1.29, 1.82) is 0 Å². The summed E-state index contributed by atoms with van der Waals surface area (Å²) in [5.74, 6) is -0.286. The summed E-state index contributed by atoms with van der Waals surface area (Å²) in [5.41, 5.74) is 5.05. The Morgan fingerprint density at radius 3 is 2.63 bits per heavy atom. The van der Waals surface area contributed by atoms with Gasteiger partial charge in [0, 0.05) is 10.6 Å². The lowest BCUT2D eigenvalue weighted by Crippen LogP contribution is -2.17. The number of rotatable bonds is 3. The molecule has 3 nitrogen and oxygen atoms in total. The van der Waals surface area contributed by atoms with Crippen LogP contribution in [0.5, 0.6) is 0 Å². The molecular weight excluding hydrogens is 260 g/mol. The van der Waals surface area contributed by atoms with Crippen LogP contribution in [0.25, 0.3) is 0 Å². The normalized spacial score (nSPS) is 10.6. The van der Waals surface area contributed by atoms with Crippen molar-refractivity contribution >= 4 is 23.7 Å². The van der Waals surface area contributed by atoms with Gasteiger partial charge in [-0.1, -0.05) is 47.5 Å². The molecule has 0 aliphatic heterocycles. The van der Waals surface area contributed by atoms with Crippen LogP contribution in [0.2, 0.25) is 5.02 Å². The maximum atomic E-state index is 11.8. The molecule has 0 spiro atoms. The monoisotopic (exact) mass is 272 g/mol. The Hall–Kier alpha value is -2.13. The van der Waals surface area contributed by atoms with E-state index in [9.17, 15) is 4.79 Å². The first kappa shape index (κ1) is 13.3. The molecule has 0 saturated heterocycles. The van der Waals surface area contributed by atoms with Gasteiger partial charge in [-0.2, -0.15) is 5.10 Å². The molecule has 1 amide bonds. The first-order chi connectivity index (χ1) is 9.15. The fourth-order valence-corrected chi connectivity index (χ4v) is 1.70. The van der Waals surface area contributed by atoms with Gasteiger partial charge in [-0.05, 0) is 30.7 Å². The molecule has 0 atom stereocenters. The van der Waals surface area contributed by atoms with E-state index in [-0.39, 0.29) is 5.91 Å². The minimum absolute atomic E-state index is 0.286. The van der Waals surface area contributed by atoms with Crippen molar-refractivity contribution in [2.24, 2.45) is 5.10 Å². The van der Waals surface area contributed by atoms with Crippen molar-refractivity contribution in [2.75, 3.05) is 0 Å².